The topological polar surface area (TPSA) is 86.7 Å². The van der Waals surface area contributed by atoms with Crippen molar-refractivity contribution in [2.45, 2.75) is 31.3 Å². The van der Waals surface area contributed by atoms with E-state index in [0.717, 1.165) is 4.88 Å². The average molecular weight is 397 g/mol. The average Bonchev–Trinajstić information content (AvgIpc) is 3.17. The van der Waals surface area contributed by atoms with Crippen molar-refractivity contribution in [1.29, 1.82) is 0 Å². The van der Waals surface area contributed by atoms with Gasteiger partial charge in [0, 0.05) is 30.1 Å². The van der Waals surface area contributed by atoms with Crippen LogP contribution in [0, 0.1) is 0 Å². The van der Waals surface area contributed by atoms with Gasteiger partial charge in [-0.1, -0.05) is 19.9 Å². The molecular formula is C18H24N2O4S2. The maximum absolute atomic E-state index is 12.4. The molecule has 1 heterocycles. The lowest BCUT2D eigenvalue weighted by Crippen LogP contribution is -2.30. The van der Waals surface area contributed by atoms with E-state index >= 15 is 0 Å². The number of hydrogen-bond donors (Lipinski definition) is 2. The number of amides is 1. The molecule has 26 heavy (non-hydrogen) atoms. The van der Waals surface area contributed by atoms with Crippen LogP contribution in [0.4, 0.5) is 0 Å². The van der Waals surface area contributed by atoms with Gasteiger partial charge in [0.1, 0.15) is 0 Å². The summed E-state index contributed by atoms with van der Waals surface area (Å²) in [7, 11) is -3.53. The van der Waals surface area contributed by atoms with Crippen molar-refractivity contribution < 1.29 is 18.3 Å². The lowest BCUT2D eigenvalue weighted by molar-refractivity contribution is 0.0943. The van der Waals surface area contributed by atoms with Gasteiger partial charge in [0.15, 0.2) is 0 Å². The molecule has 2 N–H and O–H groups in total. The summed E-state index contributed by atoms with van der Waals surface area (Å²) in [5.41, 5.74) is 0.383. The highest BCUT2D eigenvalue weighted by Crippen LogP contribution is 2.21. The minimum absolute atomic E-state index is 0.172. The van der Waals surface area contributed by atoms with E-state index in [1.165, 1.54) is 39.9 Å². The first-order chi connectivity index (χ1) is 12.4. The molecule has 0 aliphatic rings. The predicted octanol–water partition coefficient (Wildman–Crippen LogP) is 2.63. The number of aliphatic hydroxyl groups is 1. The molecule has 1 unspecified atom stereocenters. The minimum atomic E-state index is -3.53. The zero-order valence-electron chi connectivity index (χ0n) is 14.9. The van der Waals surface area contributed by atoms with E-state index in [0.29, 0.717) is 31.6 Å². The quantitative estimate of drug-likeness (QED) is 0.682. The van der Waals surface area contributed by atoms with Crippen LogP contribution in [0.2, 0.25) is 0 Å². The fourth-order valence-electron chi connectivity index (χ4n) is 2.54. The largest absolute Gasteiger partial charge is 0.388 e. The Morgan fingerprint density at radius 2 is 1.85 bits per heavy atom. The van der Waals surface area contributed by atoms with Crippen LogP contribution in [0.15, 0.2) is 46.7 Å². The molecular weight excluding hydrogens is 372 g/mol. The fourth-order valence-corrected chi connectivity index (χ4v) is 4.74. The highest BCUT2D eigenvalue weighted by molar-refractivity contribution is 7.89. The fraction of sp³-hybridized carbons (Fsp3) is 0.389. The molecule has 2 aromatic rings. The van der Waals surface area contributed by atoms with Gasteiger partial charge in [-0.15, -0.1) is 11.3 Å². The smallest absolute Gasteiger partial charge is 0.251 e. The normalized spacial score (nSPS) is 12.9. The van der Waals surface area contributed by atoms with Gasteiger partial charge in [-0.25, -0.2) is 8.42 Å². The molecule has 0 aliphatic heterocycles. The van der Waals surface area contributed by atoms with Crippen LogP contribution in [-0.2, 0) is 10.0 Å². The number of sulfonamides is 1. The zero-order chi connectivity index (χ0) is 19.2. The second-order valence-corrected chi connectivity index (χ2v) is 8.61. The van der Waals surface area contributed by atoms with Crippen molar-refractivity contribution >= 4 is 27.3 Å². The predicted molar refractivity (Wildman–Crippen MR) is 103 cm³/mol. The Balaban J connectivity index is 1.94. The van der Waals surface area contributed by atoms with Gasteiger partial charge in [0.25, 0.3) is 5.91 Å². The van der Waals surface area contributed by atoms with Crippen molar-refractivity contribution in [2.24, 2.45) is 0 Å². The summed E-state index contributed by atoms with van der Waals surface area (Å²) in [6, 6.07) is 9.62. The first-order valence-corrected chi connectivity index (χ1v) is 10.8. The second kappa shape index (κ2) is 9.27. The third kappa shape index (κ3) is 4.91. The van der Waals surface area contributed by atoms with Gasteiger partial charge in [-0.05, 0) is 42.1 Å². The number of hydrogen-bond acceptors (Lipinski definition) is 5. The summed E-state index contributed by atoms with van der Waals surface area (Å²) in [6.07, 6.45) is -0.183. The molecule has 0 fully saturated rings. The van der Waals surface area contributed by atoms with Crippen molar-refractivity contribution in [2.75, 3.05) is 19.6 Å². The molecule has 0 bridgehead atoms. The lowest BCUT2D eigenvalue weighted by atomic mass is 10.2. The van der Waals surface area contributed by atoms with Crippen molar-refractivity contribution in [1.82, 2.24) is 9.62 Å². The Morgan fingerprint density at radius 1 is 1.19 bits per heavy atom. The number of thiophene rings is 1. The Bertz CT molecular complexity index is 798. The number of nitrogens with zero attached hydrogens (tertiary/aromatic N) is 1. The number of rotatable bonds is 9. The van der Waals surface area contributed by atoms with E-state index in [2.05, 4.69) is 5.32 Å². The molecule has 1 aromatic carbocycles. The molecule has 0 saturated heterocycles. The summed E-state index contributed by atoms with van der Waals surface area (Å²) < 4.78 is 26.2. The highest BCUT2D eigenvalue weighted by Gasteiger charge is 2.21. The maximum atomic E-state index is 12.4. The number of nitrogens with one attached hydrogen (secondary N) is 1. The summed E-state index contributed by atoms with van der Waals surface area (Å²) in [5, 5.41) is 14.6. The Kier molecular flexibility index (Phi) is 7.33. The van der Waals surface area contributed by atoms with E-state index < -0.39 is 16.1 Å². The Morgan fingerprint density at radius 3 is 2.38 bits per heavy atom. The SMILES string of the molecule is CCN(CC)S(=O)(=O)c1ccc(C(=O)NCCC(O)c2cccs2)cc1. The van der Waals surface area contributed by atoms with Crippen molar-refractivity contribution in [3.8, 4) is 0 Å². The second-order valence-electron chi connectivity index (χ2n) is 5.69. The molecule has 0 spiro atoms. The van der Waals surface area contributed by atoms with Gasteiger partial charge in [-0.2, -0.15) is 4.31 Å². The van der Waals surface area contributed by atoms with Crippen LogP contribution in [0.1, 0.15) is 41.6 Å². The zero-order valence-corrected chi connectivity index (χ0v) is 16.5. The highest BCUT2D eigenvalue weighted by atomic mass is 32.2. The van der Waals surface area contributed by atoms with Gasteiger partial charge in [-0.3, -0.25) is 4.79 Å². The number of carbonyl (C=O) groups excluding carboxylic acids is 1. The molecule has 0 aliphatic carbocycles. The van der Waals surface area contributed by atoms with E-state index in [9.17, 15) is 18.3 Å². The van der Waals surface area contributed by atoms with E-state index in [1.54, 1.807) is 13.8 Å². The van der Waals surface area contributed by atoms with E-state index in [-0.39, 0.29) is 10.8 Å². The van der Waals surface area contributed by atoms with Gasteiger partial charge in [0.2, 0.25) is 10.0 Å². The summed E-state index contributed by atoms with van der Waals surface area (Å²) in [6.45, 7) is 4.69. The van der Waals surface area contributed by atoms with Gasteiger partial charge >= 0.3 is 0 Å². The van der Waals surface area contributed by atoms with Crippen LogP contribution < -0.4 is 5.32 Å². The third-order valence-corrected chi connectivity index (χ3v) is 7.07. The first kappa shape index (κ1) is 20.6. The van der Waals surface area contributed by atoms with Crippen LogP contribution in [0.3, 0.4) is 0 Å². The number of benzene rings is 1. The summed E-state index contributed by atoms with van der Waals surface area (Å²) in [5.74, 6) is -0.296. The molecule has 142 valence electrons. The van der Waals surface area contributed by atoms with E-state index in [4.69, 9.17) is 0 Å². The molecule has 1 aromatic heterocycles. The van der Waals surface area contributed by atoms with Gasteiger partial charge in [0.05, 0.1) is 11.0 Å². The Labute approximate surface area is 158 Å². The van der Waals surface area contributed by atoms with Crippen LogP contribution in [0.25, 0.3) is 0 Å². The molecule has 6 nitrogen and oxygen atoms in total. The molecule has 0 saturated carbocycles. The van der Waals surface area contributed by atoms with Crippen LogP contribution in [-0.4, -0.2) is 43.4 Å². The molecule has 2 rings (SSSR count). The molecule has 1 atom stereocenters. The molecule has 1 amide bonds. The third-order valence-electron chi connectivity index (χ3n) is 4.03. The lowest BCUT2D eigenvalue weighted by Gasteiger charge is -2.18. The maximum Gasteiger partial charge on any atom is 0.251 e. The summed E-state index contributed by atoms with van der Waals surface area (Å²) in [4.78, 5) is 13.2. The van der Waals surface area contributed by atoms with Crippen LogP contribution in [0.5, 0.6) is 0 Å². The number of carbonyl (C=O) groups is 1. The number of aliphatic hydroxyl groups excluding tert-OH is 1. The van der Waals surface area contributed by atoms with Crippen molar-refractivity contribution in [3.05, 3.63) is 52.2 Å². The first-order valence-electron chi connectivity index (χ1n) is 8.50. The van der Waals surface area contributed by atoms with Crippen molar-refractivity contribution in [3.63, 3.8) is 0 Å². The summed E-state index contributed by atoms with van der Waals surface area (Å²) >= 11 is 1.47. The van der Waals surface area contributed by atoms with Gasteiger partial charge < -0.3 is 10.4 Å². The monoisotopic (exact) mass is 396 g/mol. The molecule has 0 radical (unpaired) electrons. The molecule has 8 heteroatoms. The Hall–Kier alpha value is -1.74. The standard InChI is InChI=1S/C18H24N2O4S2/c1-3-20(4-2)26(23,24)15-9-7-14(8-10-15)18(22)19-12-11-16(21)17-6-5-13-25-17/h5-10,13,16,21H,3-4,11-12H2,1-2H3,(H,19,22). The van der Waals surface area contributed by atoms with E-state index in [1.807, 2.05) is 17.5 Å². The minimum Gasteiger partial charge on any atom is -0.388 e. The van der Waals surface area contributed by atoms with Crippen LogP contribution >= 0.6 is 11.3 Å².